The van der Waals surface area contributed by atoms with Crippen molar-refractivity contribution in [2.24, 2.45) is 0 Å². The average molecular weight is 717 g/mol. The van der Waals surface area contributed by atoms with Gasteiger partial charge in [0.25, 0.3) is 0 Å². The molecule has 0 spiro atoms. The van der Waals surface area contributed by atoms with Gasteiger partial charge in [-0.05, 0) is 59.2 Å². The third-order valence-corrected chi connectivity index (χ3v) is 10.7. The number of fused-ring (bicyclic) bond motifs is 6. The third kappa shape index (κ3) is 5.29. The van der Waals surface area contributed by atoms with Gasteiger partial charge < -0.3 is 8.98 Å². The van der Waals surface area contributed by atoms with E-state index in [0.29, 0.717) is 17.5 Å². The molecule has 0 saturated carbocycles. The molecule has 0 aliphatic carbocycles. The lowest BCUT2D eigenvalue weighted by molar-refractivity contribution is 0.669. The van der Waals surface area contributed by atoms with Crippen LogP contribution in [-0.4, -0.2) is 19.5 Å². The second-order valence-electron chi connectivity index (χ2n) is 14.0. The van der Waals surface area contributed by atoms with E-state index in [1.165, 1.54) is 21.8 Å². The second kappa shape index (κ2) is 13.0. The first-order valence-electron chi connectivity index (χ1n) is 18.8. The Labute approximate surface area is 322 Å². The molecule has 5 nitrogen and oxygen atoms in total. The Morgan fingerprint density at radius 3 is 1.55 bits per heavy atom. The van der Waals surface area contributed by atoms with Gasteiger partial charge >= 0.3 is 0 Å². The predicted octanol–water partition coefficient (Wildman–Crippen LogP) is 13.2. The molecule has 3 heterocycles. The summed E-state index contributed by atoms with van der Waals surface area (Å²) in [6, 6.07) is 67.4. The number of rotatable bonds is 6. The minimum Gasteiger partial charge on any atom is -0.456 e. The Hall–Kier alpha value is -7.63. The molecule has 8 aromatic carbocycles. The number of para-hydroxylation sites is 3. The molecule has 0 saturated heterocycles. The maximum absolute atomic E-state index is 6.65. The summed E-state index contributed by atoms with van der Waals surface area (Å²) < 4.78 is 9.05. The summed E-state index contributed by atoms with van der Waals surface area (Å²) >= 11 is 0. The van der Waals surface area contributed by atoms with Gasteiger partial charge in [-0.1, -0.05) is 152 Å². The fourth-order valence-electron chi connectivity index (χ4n) is 8.08. The van der Waals surface area contributed by atoms with Crippen molar-refractivity contribution in [3.8, 4) is 62.1 Å². The van der Waals surface area contributed by atoms with Gasteiger partial charge in [0.15, 0.2) is 17.5 Å². The minimum atomic E-state index is 0.621. The van der Waals surface area contributed by atoms with Gasteiger partial charge in [-0.15, -0.1) is 0 Å². The Morgan fingerprint density at radius 1 is 0.339 bits per heavy atom. The number of hydrogen-bond donors (Lipinski definition) is 0. The van der Waals surface area contributed by atoms with Crippen molar-refractivity contribution in [2.45, 2.75) is 0 Å². The molecule has 56 heavy (non-hydrogen) atoms. The fourth-order valence-corrected chi connectivity index (χ4v) is 8.08. The topological polar surface area (TPSA) is 56.7 Å². The van der Waals surface area contributed by atoms with E-state index in [9.17, 15) is 0 Å². The number of hydrogen-bond acceptors (Lipinski definition) is 4. The monoisotopic (exact) mass is 716 g/mol. The second-order valence-corrected chi connectivity index (χ2v) is 14.0. The SMILES string of the molecule is c1ccc(-c2nc(-c3ccccc3)nc(-c3cccc(-c4ccc5c(c4)oc4cccc(-c6ccccc6-n6c7ccccc7c7ccccc76)c45)c3)n2)cc1. The van der Waals surface area contributed by atoms with Crippen molar-refractivity contribution in [1.82, 2.24) is 19.5 Å². The quantitative estimate of drug-likeness (QED) is 0.172. The molecule has 0 radical (unpaired) electrons. The smallest absolute Gasteiger partial charge is 0.164 e. The van der Waals surface area contributed by atoms with Crippen LogP contribution in [0.4, 0.5) is 0 Å². The van der Waals surface area contributed by atoms with E-state index in [2.05, 4.69) is 138 Å². The summed E-state index contributed by atoms with van der Waals surface area (Å²) in [5.41, 5.74) is 12.3. The average Bonchev–Trinajstić information content (AvgIpc) is 3.82. The molecule has 0 fully saturated rings. The van der Waals surface area contributed by atoms with E-state index in [1.54, 1.807) is 0 Å². The molecule has 0 aliphatic heterocycles. The van der Waals surface area contributed by atoms with Crippen LogP contribution < -0.4 is 0 Å². The van der Waals surface area contributed by atoms with Gasteiger partial charge in [0, 0.05) is 43.8 Å². The first-order valence-corrected chi connectivity index (χ1v) is 18.8. The summed E-state index contributed by atoms with van der Waals surface area (Å²) in [5.74, 6) is 1.90. The van der Waals surface area contributed by atoms with Crippen LogP contribution in [0, 0.1) is 0 Å². The van der Waals surface area contributed by atoms with Gasteiger partial charge in [0.2, 0.25) is 0 Å². The lowest BCUT2D eigenvalue weighted by Crippen LogP contribution is -2.00. The van der Waals surface area contributed by atoms with Crippen molar-refractivity contribution >= 4 is 43.7 Å². The first kappa shape index (κ1) is 31.9. The Balaban J connectivity index is 1.03. The summed E-state index contributed by atoms with van der Waals surface area (Å²) in [4.78, 5) is 14.8. The summed E-state index contributed by atoms with van der Waals surface area (Å²) in [6.07, 6.45) is 0. The van der Waals surface area contributed by atoms with Crippen molar-refractivity contribution in [1.29, 1.82) is 0 Å². The van der Waals surface area contributed by atoms with Crippen molar-refractivity contribution in [2.75, 3.05) is 0 Å². The summed E-state index contributed by atoms with van der Waals surface area (Å²) in [5, 5.41) is 4.66. The number of nitrogens with zero attached hydrogens (tertiary/aromatic N) is 4. The highest BCUT2D eigenvalue weighted by molar-refractivity contribution is 6.15. The highest BCUT2D eigenvalue weighted by Gasteiger charge is 2.19. The molecule has 11 rings (SSSR count). The van der Waals surface area contributed by atoms with E-state index >= 15 is 0 Å². The molecule has 11 aromatic rings. The van der Waals surface area contributed by atoms with Crippen LogP contribution in [0.3, 0.4) is 0 Å². The Bertz CT molecular complexity index is 3140. The molecule has 0 N–H and O–H groups in total. The molecule has 5 heteroatoms. The van der Waals surface area contributed by atoms with Crippen LogP contribution >= 0.6 is 0 Å². The zero-order chi connectivity index (χ0) is 37.0. The van der Waals surface area contributed by atoms with Gasteiger partial charge in [-0.2, -0.15) is 0 Å². The zero-order valence-corrected chi connectivity index (χ0v) is 30.2. The number of benzene rings is 8. The normalized spacial score (nSPS) is 11.6. The number of aromatic nitrogens is 4. The van der Waals surface area contributed by atoms with Crippen molar-refractivity contribution in [3.05, 3.63) is 194 Å². The molecule has 262 valence electrons. The molecule has 0 atom stereocenters. The van der Waals surface area contributed by atoms with Crippen LogP contribution in [-0.2, 0) is 0 Å². The van der Waals surface area contributed by atoms with Crippen LogP contribution in [0.5, 0.6) is 0 Å². The maximum Gasteiger partial charge on any atom is 0.164 e. The van der Waals surface area contributed by atoms with E-state index < -0.39 is 0 Å². The lowest BCUT2D eigenvalue weighted by Gasteiger charge is -2.14. The molecular formula is C51H32N4O. The van der Waals surface area contributed by atoms with Crippen LogP contribution in [0.2, 0.25) is 0 Å². The summed E-state index contributed by atoms with van der Waals surface area (Å²) in [6.45, 7) is 0. The van der Waals surface area contributed by atoms with E-state index in [1.807, 2.05) is 60.7 Å². The highest BCUT2D eigenvalue weighted by atomic mass is 16.3. The van der Waals surface area contributed by atoms with E-state index in [4.69, 9.17) is 19.4 Å². The zero-order valence-electron chi connectivity index (χ0n) is 30.2. The Kier molecular flexibility index (Phi) is 7.42. The van der Waals surface area contributed by atoms with Gasteiger partial charge in [0.1, 0.15) is 11.2 Å². The molecule has 3 aromatic heterocycles. The predicted molar refractivity (Wildman–Crippen MR) is 229 cm³/mol. The molecule has 0 bridgehead atoms. The number of furan rings is 1. The Morgan fingerprint density at radius 2 is 0.857 bits per heavy atom. The van der Waals surface area contributed by atoms with Crippen molar-refractivity contribution < 1.29 is 4.42 Å². The molecule has 0 amide bonds. The van der Waals surface area contributed by atoms with E-state index in [0.717, 1.165) is 66.6 Å². The fraction of sp³-hybridized carbons (Fsp3) is 0. The third-order valence-electron chi connectivity index (χ3n) is 10.7. The molecule has 0 unspecified atom stereocenters. The lowest BCUT2D eigenvalue weighted by atomic mass is 9.96. The highest BCUT2D eigenvalue weighted by Crippen LogP contribution is 2.42. The molecular weight excluding hydrogens is 685 g/mol. The van der Waals surface area contributed by atoms with Crippen LogP contribution in [0.1, 0.15) is 0 Å². The van der Waals surface area contributed by atoms with E-state index in [-0.39, 0.29) is 0 Å². The largest absolute Gasteiger partial charge is 0.456 e. The minimum absolute atomic E-state index is 0.621. The van der Waals surface area contributed by atoms with Gasteiger partial charge in [0.05, 0.1) is 16.7 Å². The first-order chi connectivity index (χ1) is 27.8. The maximum atomic E-state index is 6.65. The van der Waals surface area contributed by atoms with Crippen LogP contribution in [0.15, 0.2) is 199 Å². The molecule has 0 aliphatic rings. The van der Waals surface area contributed by atoms with Crippen LogP contribution in [0.25, 0.3) is 106 Å². The van der Waals surface area contributed by atoms with Crippen molar-refractivity contribution in [3.63, 3.8) is 0 Å². The van der Waals surface area contributed by atoms with Gasteiger partial charge in [-0.3, -0.25) is 0 Å². The van der Waals surface area contributed by atoms with Gasteiger partial charge in [-0.25, -0.2) is 15.0 Å². The standard InChI is InChI=1S/C51H32N4O/c1-3-15-33(16-4-1)49-52-50(34-17-5-2-6-18-34)54-51(53-49)37-20-13-19-35(31-37)36-29-30-42-47(32-36)56-46-28-14-24-41(48(42)46)40-23-9-12-27-45(40)55-43-25-10-7-21-38(43)39-22-8-11-26-44(39)55/h1-32H. The summed E-state index contributed by atoms with van der Waals surface area (Å²) in [7, 11) is 0.